The van der Waals surface area contributed by atoms with E-state index in [1.54, 1.807) is 43.3 Å². The molecule has 0 heterocycles. The molecule has 0 spiro atoms. The van der Waals surface area contributed by atoms with Gasteiger partial charge < -0.3 is 4.74 Å². The number of esters is 1. The van der Waals surface area contributed by atoms with E-state index in [9.17, 15) is 14.4 Å². The number of carbonyl (C=O) groups excluding carboxylic acids is 3. The molecule has 4 rings (SSSR count). The zero-order chi connectivity index (χ0) is 19.8. The Morgan fingerprint density at radius 1 is 0.821 bits per heavy atom. The van der Waals surface area contributed by atoms with Crippen LogP contribution in [0.15, 0.2) is 66.7 Å². The summed E-state index contributed by atoms with van der Waals surface area (Å²) in [6.45, 7) is 3.47. The summed E-state index contributed by atoms with van der Waals surface area (Å²) >= 11 is 0. The van der Waals surface area contributed by atoms with Gasteiger partial charge in [0.15, 0.2) is 11.9 Å². The predicted molar refractivity (Wildman–Crippen MR) is 106 cm³/mol. The first-order valence-corrected chi connectivity index (χ1v) is 9.06. The fourth-order valence-corrected chi connectivity index (χ4v) is 3.47. The summed E-state index contributed by atoms with van der Waals surface area (Å²) in [5.74, 6) is -1.16. The van der Waals surface area contributed by atoms with Crippen LogP contribution in [0, 0.1) is 6.92 Å². The quantitative estimate of drug-likeness (QED) is 0.388. The van der Waals surface area contributed by atoms with Crippen molar-refractivity contribution in [2.24, 2.45) is 0 Å². The Morgan fingerprint density at radius 2 is 1.46 bits per heavy atom. The minimum absolute atomic E-state index is 0.183. The van der Waals surface area contributed by atoms with E-state index in [4.69, 9.17) is 4.74 Å². The van der Waals surface area contributed by atoms with E-state index in [-0.39, 0.29) is 17.1 Å². The monoisotopic (exact) mass is 370 g/mol. The zero-order valence-electron chi connectivity index (χ0n) is 15.6. The normalized spacial score (nSPS) is 12.9. The molecule has 138 valence electrons. The maximum Gasteiger partial charge on any atom is 0.339 e. The largest absolute Gasteiger partial charge is 0.451 e. The van der Waals surface area contributed by atoms with Gasteiger partial charge >= 0.3 is 5.97 Å². The van der Waals surface area contributed by atoms with Gasteiger partial charge in [-0.1, -0.05) is 66.2 Å². The molecule has 1 atom stereocenters. The van der Waals surface area contributed by atoms with Crippen molar-refractivity contribution in [3.63, 3.8) is 0 Å². The van der Waals surface area contributed by atoms with Gasteiger partial charge in [-0.2, -0.15) is 0 Å². The summed E-state index contributed by atoms with van der Waals surface area (Å²) in [5.41, 5.74) is 4.13. The molecule has 28 heavy (non-hydrogen) atoms. The van der Waals surface area contributed by atoms with E-state index in [0.29, 0.717) is 22.3 Å². The fourth-order valence-electron chi connectivity index (χ4n) is 3.47. The molecular formula is C24H18O4. The van der Waals surface area contributed by atoms with Gasteiger partial charge in [0.1, 0.15) is 0 Å². The maximum absolute atomic E-state index is 12.8. The number of aryl methyl sites for hydroxylation is 1. The second-order valence-electron chi connectivity index (χ2n) is 6.88. The third-order valence-corrected chi connectivity index (χ3v) is 4.96. The number of carbonyl (C=O) groups is 3. The standard InChI is InChI=1S/C24H18O4/c1-14-10-12-16(13-11-14)22(25)15(2)28-24(27)20-9-5-8-18-17-6-3-4-7-19(17)23(26)21(18)20/h3-13,15H,1-2H3/t15-/m1/s1. The number of hydrogen-bond acceptors (Lipinski definition) is 4. The number of fused-ring (bicyclic) bond motifs is 3. The van der Waals surface area contributed by atoms with Gasteiger partial charge in [0.25, 0.3) is 0 Å². The minimum atomic E-state index is -0.954. The first-order valence-electron chi connectivity index (χ1n) is 9.06. The summed E-state index contributed by atoms with van der Waals surface area (Å²) in [5, 5.41) is 0. The van der Waals surface area contributed by atoms with Crippen LogP contribution in [0.3, 0.4) is 0 Å². The smallest absolute Gasteiger partial charge is 0.339 e. The zero-order valence-corrected chi connectivity index (χ0v) is 15.6. The van der Waals surface area contributed by atoms with Crippen LogP contribution in [0.5, 0.6) is 0 Å². The van der Waals surface area contributed by atoms with Crippen LogP contribution in [-0.2, 0) is 4.74 Å². The van der Waals surface area contributed by atoms with Crippen LogP contribution in [-0.4, -0.2) is 23.6 Å². The Labute approximate surface area is 162 Å². The van der Waals surface area contributed by atoms with Gasteiger partial charge in [-0.15, -0.1) is 0 Å². The lowest BCUT2D eigenvalue weighted by Crippen LogP contribution is -2.25. The van der Waals surface area contributed by atoms with Gasteiger partial charge in [0.2, 0.25) is 5.78 Å². The number of ether oxygens (including phenoxy) is 1. The van der Waals surface area contributed by atoms with E-state index < -0.39 is 12.1 Å². The molecule has 4 nitrogen and oxygen atoms in total. The number of hydrogen-bond donors (Lipinski definition) is 0. The average Bonchev–Trinajstić information content (AvgIpc) is 3.01. The van der Waals surface area contributed by atoms with Crippen LogP contribution in [0.25, 0.3) is 11.1 Å². The molecule has 0 amide bonds. The Morgan fingerprint density at radius 3 is 2.18 bits per heavy atom. The van der Waals surface area contributed by atoms with Gasteiger partial charge in [-0.05, 0) is 31.0 Å². The van der Waals surface area contributed by atoms with Gasteiger partial charge in [-0.25, -0.2) is 4.79 Å². The van der Waals surface area contributed by atoms with E-state index in [0.717, 1.165) is 11.1 Å². The van der Waals surface area contributed by atoms with Gasteiger partial charge in [0, 0.05) is 16.7 Å². The first kappa shape index (κ1) is 17.9. The highest BCUT2D eigenvalue weighted by molar-refractivity contribution is 6.25. The third kappa shape index (κ3) is 2.93. The summed E-state index contributed by atoms with van der Waals surface area (Å²) in [7, 11) is 0. The fraction of sp³-hybridized carbons (Fsp3) is 0.125. The molecule has 3 aromatic rings. The van der Waals surface area contributed by atoms with Crippen LogP contribution < -0.4 is 0 Å². The summed E-state index contributed by atoms with van der Waals surface area (Å²) in [4.78, 5) is 38.1. The second kappa shape index (κ2) is 6.89. The second-order valence-corrected chi connectivity index (χ2v) is 6.88. The van der Waals surface area contributed by atoms with E-state index in [1.165, 1.54) is 0 Å². The molecule has 0 unspecified atom stereocenters. The molecule has 0 radical (unpaired) electrons. The highest BCUT2D eigenvalue weighted by atomic mass is 16.5. The lowest BCUT2D eigenvalue weighted by molar-refractivity contribution is 0.0317. The molecule has 4 heteroatoms. The lowest BCUT2D eigenvalue weighted by atomic mass is 10.0. The molecule has 3 aromatic carbocycles. The Kier molecular flexibility index (Phi) is 4.40. The van der Waals surface area contributed by atoms with E-state index >= 15 is 0 Å². The van der Waals surface area contributed by atoms with Crippen molar-refractivity contribution < 1.29 is 19.1 Å². The van der Waals surface area contributed by atoms with Crippen molar-refractivity contribution in [2.75, 3.05) is 0 Å². The van der Waals surface area contributed by atoms with Crippen molar-refractivity contribution in [1.29, 1.82) is 0 Å². The van der Waals surface area contributed by atoms with Crippen molar-refractivity contribution in [3.05, 3.63) is 94.5 Å². The molecule has 0 aliphatic heterocycles. The van der Waals surface area contributed by atoms with Crippen LogP contribution in [0.2, 0.25) is 0 Å². The van der Waals surface area contributed by atoms with Crippen molar-refractivity contribution in [2.45, 2.75) is 20.0 Å². The van der Waals surface area contributed by atoms with Crippen LogP contribution in [0.1, 0.15) is 49.1 Å². The van der Waals surface area contributed by atoms with Gasteiger partial charge in [-0.3, -0.25) is 9.59 Å². The maximum atomic E-state index is 12.8. The number of rotatable bonds is 4. The Balaban J connectivity index is 1.61. The van der Waals surface area contributed by atoms with Crippen LogP contribution in [0.4, 0.5) is 0 Å². The molecule has 0 aromatic heterocycles. The highest BCUT2D eigenvalue weighted by Crippen LogP contribution is 2.38. The average molecular weight is 370 g/mol. The Hall–Kier alpha value is -3.53. The number of ketones is 2. The minimum Gasteiger partial charge on any atom is -0.451 e. The predicted octanol–water partition coefficient (Wildman–Crippen LogP) is 4.63. The molecule has 0 saturated heterocycles. The first-order chi connectivity index (χ1) is 13.5. The highest BCUT2D eigenvalue weighted by Gasteiger charge is 2.32. The molecule has 1 aliphatic rings. The molecule has 0 saturated carbocycles. The van der Waals surface area contributed by atoms with Crippen molar-refractivity contribution in [1.82, 2.24) is 0 Å². The van der Waals surface area contributed by atoms with Crippen molar-refractivity contribution in [3.8, 4) is 11.1 Å². The molecule has 1 aliphatic carbocycles. The van der Waals surface area contributed by atoms with E-state index in [1.807, 2.05) is 37.3 Å². The molecule has 0 N–H and O–H groups in total. The van der Waals surface area contributed by atoms with Crippen molar-refractivity contribution >= 4 is 17.5 Å². The molecular weight excluding hydrogens is 352 g/mol. The topological polar surface area (TPSA) is 60.4 Å². The third-order valence-electron chi connectivity index (χ3n) is 4.96. The van der Waals surface area contributed by atoms with Crippen LogP contribution >= 0.6 is 0 Å². The summed E-state index contributed by atoms with van der Waals surface area (Å²) < 4.78 is 5.41. The van der Waals surface area contributed by atoms with E-state index in [2.05, 4.69) is 0 Å². The summed E-state index contributed by atoms with van der Waals surface area (Å²) in [6, 6.07) is 19.4. The number of benzene rings is 3. The molecule has 0 bridgehead atoms. The SMILES string of the molecule is Cc1ccc(C(=O)[C@@H](C)OC(=O)c2cccc3c2C(=O)c2ccccc2-3)cc1. The number of Topliss-reactive ketones (excluding diaryl/α,β-unsaturated/α-hetero) is 1. The Bertz CT molecular complexity index is 1110. The lowest BCUT2D eigenvalue weighted by Gasteiger charge is -2.14. The van der Waals surface area contributed by atoms with Gasteiger partial charge in [0.05, 0.1) is 5.56 Å². The molecule has 0 fully saturated rings. The summed E-state index contributed by atoms with van der Waals surface area (Å²) in [6.07, 6.45) is -0.954.